The van der Waals surface area contributed by atoms with Crippen LogP contribution in [0.3, 0.4) is 0 Å². The van der Waals surface area contributed by atoms with Crippen LogP contribution in [0.15, 0.2) is 0 Å². The standard InChI is InChI=1S/C6H10NO5Si.CH3.Al/c8-5(9)3-7(1-2-13-12)4-6(10)11;;/h1-4H2,(H,8,9)(H,10,11);1H3;/q-1;;+1. The summed E-state index contributed by atoms with van der Waals surface area (Å²) in [5.74, 6) is -0.0672. The lowest BCUT2D eigenvalue weighted by molar-refractivity contribution is -0.141. The average Bonchev–Trinajstić information content (AvgIpc) is 2.10. The van der Waals surface area contributed by atoms with E-state index in [-0.39, 0.29) is 28.6 Å². The molecular weight excluding hydrogens is 233 g/mol. The van der Waals surface area contributed by atoms with E-state index >= 15 is 0 Å². The molecule has 0 aromatic heterocycles. The van der Waals surface area contributed by atoms with E-state index in [0.717, 1.165) is 0 Å². The van der Waals surface area contributed by atoms with E-state index in [2.05, 4.69) is 0 Å². The number of hydrogen-bond acceptors (Lipinski definition) is 4. The summed E-state index contributed by atoms with van der Waals surface area (Å²) in [6.45, 7) is -0.0397. The fourth-order valence-corrected chi connectivity index (χ4v) is 2.49. The lowest BCUT2D eigenvalue weighted by atomic mass is 10.4. The summed E-state index contributed by atoms with van der Waals surface area (Å²) < 4.78 is 5.18. The molecule has 0 rings (SSSR count). The van der Waals surface area contributed by atoms with Gasteiger partial charge in [-0.1, -0.05) is 5.79 Å². The van der Waals surface area contributed by atoms with Crippen molar-refractivity contribution in [1.82, 2.24) is 4.90 Å². The second-order valence-corrected chi connectivity index (χ2v) is 4.95. The van der Waals surface area contributed by atoms with Crippen molar-refractivity contribution in [1.29, 1.82) is 0 Å². The monoisotopic (exact) mass is 246 g/mol. The summed E-state index contributed by atoms with van der Waals surface area (Å²) in [6, 6.07) is 0.682. The van der Waals surface area contributed by atoms with E-state index in [4.69, 9.17) is 13.7 Å². The van der Waals surface area contributed by atoms with Gasteiger partial charge in [0, 0.05) is 0 Å². The predicted octanol–water partition coefficient (Wildman–Crippen LogP) is -0.821. The topological polar surface area (TPSA) is 87.1 Å². The smallest absolute Gasteiger partial charge is 0.407 e. The first-order valence-corrected chi connectivity index (χ1v) is 7.12. The number of aliphatic carboxylic acids is 2. The number of hydrogen-bond donors (Lipinski definition) is 2. The molecule has 0 saturated carbocycles. The van der Waals surface area contributed by atoms with Gasteiger partial charge >= 0.3 is 27.5 Å². The van der Waals surface area contributed by atoms with Crippen molar-refractivity contribution in [3.8, 4) is 0 Å². The minimum absolute atomic E-state index is 0.000389. The second-order valence-electron chi connectivity index (χ2n) is 2.75. The average molecular weight is 246 g/mol. The molecule has 0 aromatic carbocycles. The highest BCUT2D eigenvalue weighted by atomic mass is 28.2. The van der Waals surface area contributed by atoms with Crippen LogP contribution < -0.4 is 0 Å². The molecule has 0 unspecified atom stereocenters. The highest BCUT2D eigenvalue weighted by molar-refractivity contribution is 6.41. The van der Waals surface area contributed by atoms with Gasteiger partial charge in [0.2, 0.25) is 0 Å². The van der Waals surface area contributed by atoms with E-state index in [1.54, 1.807) is 0 Å². The van der Waals surface area contributed by atoms with Gasteiger partial charge in [-0.25, -0.2) is 0 Å². The maximum atomic E-state index is 10.4. The Labute approximate surface area is 97.2 Å². The Balaban J connectivity index is 3.79. The molecule has 0 amide bonds. The molecule has 8 heteroatoms. The van der Waals surface area contributed by atoms with Crippen molar-refractivity contribution in [3.63, 3.8) is 0 Å². The Bertz CT molecular complexity index is 200. The van der Waals surface area contributed by atoms with E-state index in [0.29, 0.717) is 22.4 Å². The van der Waals surface area contributed by atoms with Crippen molar-refractivity contribution in [3.05, 3.63) is 0 Å². The van der Waals surface area contributed by atoms with Crippen molar-refractivity contribution >= 4 is 37.3 Å². The Hall–Kier alpha value is -0.391. The third kappa shape index (κ3) is 9.90. The first-order valence-electron chi connectivity index (χ1n) is 4.38. The summed E-state index contributed by atoms with van der Waals surface area (Å²) in [5, 5.41) is 17.1. The van der Waals surface area contributed by atoms with Gasteiger partial charge in [-0.2, -0.15) is 0 Å². The maximum absolute atomic E-state index is 10.4. The van der Waals surface area contributed by atoms with E-state index in [9.17, 15) is 9.59 Å². The largest absolute Gasteiger partial charge is 0.553 e. The van der Waals surface area contributed by atoms with Gasteiger partial charge in [0.15, 0.2) is 9.76 Å². The van der Waals surface area contributed by atoms with E-state index < -0.39 is 11.9 Å². The molecule has 0 aliphatic heterocycles. The summed E-state index contributed by atoms with van der Waals surface area (Å²) in [4.78, 5) is 22.2. The van der Waals surface area contributed by atoms with Crippen LogP contribution in [-0.4, -0.2) is 72.0 Å². The maximum Gasteiger partial charge on any atom is 0.407 e. The number of nitrogens with zero attached hydrogens (tertiary/aromatic N) is 1. The van der Waals surface area contributed by atoms with Gasteiger partial charge in [-0.3, -0.25) is 14.5 Å². The first kappa shape index (κ1) is 14.6. The quantitative estimate of drug-likeness (QED) is 0.408. The Morgan fingerprint density at radius 2 is 1.87 bits per heavy atom. The third-order valence-corrected chi connectivity index (χ3v) is 3.49. The van der Waals surface area contributed by atoms with Gasteiger partial charge in [0.05, 0.1) is 13.1 Å². The van der Waals surface area contributed by atoms with Crippen LogP contribution in [0.5, 0.6) is 0 Å². The Morgan fingerprint density at radius 1 is 1.33 bits per heavy atom. The molecule has 0 aromatic rings. The fourth-order valence-electron chi connectivity index (χ4n) is 0.943. The first-order chi connectivity index (χ1) is 7.06. The van der Waals surface area contributed by atoms with Gasteiger partial charge in [-0.05, 0) is 12.6 Å². The van der Waals surface area contributed by atoms with Gasteiger partial charge < -0.3 is 13.7 Å². The van der Waals surface area contributed by atoms with Crippen LogP contribution in [0.2, 0.25) is 11.8 Å². The predicted molar refractivity (Wildman–Crippen MR) is 55.0 cm³/mol. The molecule has 0 aliphatic carbocycles. The number of carboxylic acid groups (broad SMARTS) is 2. The van der Waals surface area contributed by atoms with Crippen LogP contribution in [0.4, 0.5) is 0 Å². The second kappa shape index (κ2) is 8.88. The van der Waals surface area contributed by atoms with Gasteiger partial charge in [0.25, 0.3) is 0 Å². The molecule has 0 fully saturated rings. The van der Waals surface area contributed by atoms with Gasteiger partial charge in [-0.15, -0.1) is 0 Å². The molecule has 2 N–H and O–H groups in total. The third-order valence-electron chi connectivity index (χ3n) is 1.45. The molecule has 0 heterocycles. The number of carboxylic acids is 2. The normalized spacial score (nSPS) is 10.3. The van der Waals surface area contributed by atoms with Crippen LogP contribution in [-0.2, 0) is 13.1 Å². The van der Waals surface area contributed by atoms with Crippen LogP contribution >= 0.6 is 0 Å². The lowest BCUT2D eigenvalue weighted by Crippen LogP contribution is -2.35. The molecule has 83 valence electrons. The summed E-state index contributed by atoms with van der Waals surface area (Å²) >= 11 is 0.000389. The highest BCUT2D eigenvalue weighted by Crippen LogP contribution is 1.92. The zero-order valence-corrected chi connectivity index (χ0v) is 10.6. The number of rotatable bonds is 9. The Kier molecular flexibility index (Phi) is 8.65. The van der Waals surface area contributed by atoms with Crippen molar-refractivity contribution in [2.24, 2.45) is 0 Å². The van der Waals surface area contributed by atoms with Crippen molar-refractivity contribution in [2.75, 3.05) is 19.6 Å². The highest BCUT2D eigenvalue weighted by Gasteiger charge is 2.12. The van der Waals surface area contributed by atoms with E-state index in [1.165, 1.54) is 4.90 Å². The number of carbonyl (C=O) groups is 2. The zero-order valence-electron chi connectivity index (χ0n) is 8.47. The molecule has 15 heavy (non-hydrogen) atoms. The fraction of sp³-hybridized carbons (Fsp3) is 0.714. The molecule has 0 atom stereocenters. The van der Waals surface area contributed by atoms with Crippen molar-refractivity contribution in [2.45, 2.75) is 11.8 Å². The van der Waals surface area contributed by atoms with Gasteiger partial charge in [0.1, 0.15) is 0 Å². The zero-order chi connectivity index (χ0) is 11.7. The lowest BCUT2D eigenvalue weighted by Gasteiger charge is -2.17. The minimum atomic E-state index is -1.01. The van der Waals surface area contributed by atoms with Crippen molar-refractivity contribution < 1.29 is 23.3 Å². The molecule has 0 aliphatic rings. The SMILES string of the molecule is [CH3][Al][O][Si]CCN(CC(=O)O)CC(=O)O. The van der Waals surface area contributed by atoms with Crippen LogP contribution in [0, 0.1) is 0 Å². The molecular formula is C7H13AlNO5Si. The molecule has 0 bridgehead atoms. The van der Waals surface area contributed by atoms with Crippen LogP contribution in [0.1, 0.15) is 0 Å². The minimum Gasteiger partial charge on any atom is -0.553 e. The molecule has 3 radical (unpaired) electrons. The molecule has 0 spiro atoms. The molecule has 0 saturated heterocycles. The summed E-state index contributed by atoms with van der Waals surface area (Å²) in [5.41, 5.74) is 0. The van der Waals surface area contributed by atoms with E-state index in [1.807, 2.05) is 5.79 Å². The summed E-state index contributed by atoms with van der Waals surface area (Å²) in [7, 11) is 0.328. The molecule has 6 nitrogen and oxygen atoms in total. The van der Waals surface area contributed by atoms with Crippen LogP contribution in [0.25, 0.3) is 0 Å². The summed E-state index contributed by atoms with van der Waals surface area (Å²) in [6.07, 6.45) is 0. The Morgan fingerprint density at radius 3 is 2.27 bits per heavy atom.